The van der Waals surface area contributed by atoms with E-state index in [1.165, 1.54) is 22.0 Å². The highest BCUT2D eigenvalue weighted by Gasteiger charge is 2.06. The molecule has 128 valence electrons. The van der Waals surface area contributed by atoms with Gasteiger partial charge in [-0.05, 0) is 29.7 Å². The number of hydrogen-bond donors (Lipinski definition) is 1. The fourth-order valence-corrected chi connectivity index (χ4v) is 3.99. The summed E-state index contributed by atoms with van der Waals surface area (Å²) in [6.45, 7) is 0. The molecular formula is C18H16N2O3S2. The van der Waals surface area contributed by atoms with Crippen molar-refractivity contribution in [2.24, 2.45) is 7.05 Å². The second kappa shape index (κ2) is 7.50. The Balaban J connectivity index is 1.94. The van der Waals surface area contributed by atoms with E-state index in [2.05, 4.69) is 5.32 Å². The van der Waals surface area contributed by atoms with Gasteiger partial charge >= 0.3 is 0 Å². The van der Waals surface area contributed by atoms with Gasteiger partial charge in [-0.2, -0.15) is 0 Å². The summed E-state index contributed by atoms with van der Waals surface area (Å²) < 4.78 is 7.88. The minimum Gasteiger partial charge on any atom is -0.495 e. The van der Waals surface area contributed by atoms with E-state index in [0.29, 0.717) is 20.6 Å². The van der Waals surface area contributed by atoms with Crippen molar-refractivity contribution in [3.05, 3.63) is 66.2 Å². The third kappa shape index (κ3) is 3.89. The van der Waals surface area contributed by atoms with Crippen LogP contribution in [-0.2, 0) is 11.8 Å². The number of methoxy groups -OCH3 is 1. The zero-order valence-electron chi connectivity index (χ0n) is 13.7. The summed E-state index contributed by atoms with van der Waals surface area (Å²) in [6, 6.07) is 11.0. The van der Waals surface area contributed by atoms with Crippen molar-refractivity contribution in [1.82, 2.24) is 4.57 Å². The number of nitrogens with one attached hydrogen (secondary N) is 1. The normalized spacial score (nSPS) is 12.4. The van der Waals surface area contributed by atoms with Gasteiger partial charge in [0.25, 0.3) is 11.5 Å². The van der Waals surface area contributed by atoms with Crippen molar-refractivity contribution in [1.29, 1.82) is 0 Å². The molecule has 3 aromatic rings. The van der Waals surface area contributed by atoms with Crippen LogP contribution in [0.25, 0.3) is 12.2 Å². The average molecular weight is 372 g/mol. The molecular weight excluding hydrogens is 356 g/mol. The minimum atomic E-state index is -0.316. The highest BCUT2D eigenvalue weighted by Crippen LogP contribution is 2.22. The number of anilines is 1. The molecule has 0 spiro atoms. The third-order valence-corrected chi connectivity index (χ3v) is 5.43. The number of nitrogens with zero attached hydrogens (tertiary/aromatic N) is 1. The topological polar surface area (TPSA) is 60.3 Å². The molecule has 2 aromatic heterocycles. The Kier molecular flexibility index (Phi) is 5.16. The van der Waals surface area contributed by atoms with Crippen LogP contribution in [0, 0.1) is 0 Å². The molecule has 25 heavy (non-hydrogen) atoms. The summed E-state index contributed by atoms with van der Waals surface area (Å²) >= 11 is 2.85. The van der Waals surface area contributed by atoms with Gasteiger partial charge in [0.05, 0.1) is 17.3 Å². The summed E-state index contributed by atoms with van der Waals surface area (Å²) in [5, 5.41) is 4.73. The maximum atomic E-state index is 12.3. The van der Waals surface area contributed by atoms with Crippen molar-refractivity contribution in [2.75, 3.05) is 12.4 Å². The maximum Gasteiger partial charge on any atom is 0.268 e. The standard InChI is InChI=1S/C18H16N2O3S2/c1-20-17(25-15(18(20)22)10-12-6-5-9-24-12)11-16(21)19-13-7-3-4-8-14(13)23-2/h3-11H,1-2H3,(H,19,21)/b15-10-,17-11-. The van der Waals surface area contributed by atoms with E-state index in [1.54, 1.807) is 37.6 Å². The molecule has 5 nitrogen and oxygen atoms in total. The van der Waals surface area contributed by atoms with Crippen LogP contribution in [0.15, 0.2) is 46.6 Å². The molecule has 0 aliphatic heterocycles. The van der Waals surface area contributed by atoms with Crippen LogP contribution >= 0.6 is 22.7 Å². The molecule has 0 unspecified atom stereocenters. The summed E-state index contributed by atoms with van der Waals surface area (Å²) in [7, 11) is 3.21. The van der Waals surface area contributed by atoms with Crippen LogP contribution < -0.4 is 24.8 Å². The number of para-hydroxylation sites is 2. The molecule has 0 saturated carbocycles. The Hall–Kier alpha value is -2.64. The number of aromatic nitrogens is 1. The van der Waals surface area contributed by atoms with Gasteiger partial charge in [0.15, 0.2) is 0 Å². The SMILES string of the molecule is COc1ccccc1NC(=O)/C=c1\s/c(=C\c2cccs2)c(=O)n1C. The van der Waals surface area contributed by atoms with E-state index in [9.17, 15) is 9.59 Å². The first-order chi connectivity index (χ1) is 12.1. The highest BCUT2D eigenvalue weighted by atomic mass is 32.1. The first kappa shape index (κ1) is 17.2. The zero-order chi connectivity index (χ0) is 17.8. The molecule has 0 saturated heterocycles. The van der Waals surface area contributed by atoms with E-state index in [0.717, 1.165) is 4.88 Å². The second-order valence-electron chi connectivity index (χ2n) is 5.16. The molecule has 1 amide bonds. The van der Waals surface area contributed by atoms with Crippen molar-refractivity contribution in [2.45, 2.75) is 0 Å². The lowest BCUT2D eigenvalue weighted by Gasteiger charge is -2.07. The molecule has 0 aliphatic carbocycles. The summed E-state index contributed by atoms with van der Waals surface area (Å²) in [4.78, 5) is 25.6. The number of benzene rings is 1. The molecule has 7 heteroatoms. The van der Waals surface area contributed by atoms with Crippen molar-refractivity contribution in [3.63, 3.8) is 0 Å². The molecule has 0 radical (unpaired) electrons. The van der Waals surface area contributed by atoms with E-state index >= 15 is 0 Å². The smallest absolute Gasteiger partial charge is 0.268 e. The molecule has 1 aromatic carbocycles. The van der Waals surface area contributed by atoms with Gasteiger partial charge in [0.1, 0.15) is 10.4 Å². The maximum absolute atomic E-state index is 12.3. The average Bonchev–Trinajstić information content (AvgIpc) is 3.20. The number of rotatable bonds is 4. The zero-order valence-corrected chi connectivity index (χ0v) is 15.3. The predicted octanol–water partition coefficient (Wildman–Crippen LogP) is 1.76. The van der Waals surface area contributed by atoms with Crippen molar-refractivity contribution < 1.29 is 9.53 Å². The van der Waals surface area contributed by atoms with E-state index in [-0.39, 0.29) is 11.5 Å². The lowest BCUT2D eigenvalue weighted by Crippen LogP contribution is -2.29. The summed E-state index contributed by atoms with van der Waals surface area (Å²) in [6.07, 6.45) is 3.26. The predicted molar refractivity (Wildman–Crippen MR) is 103 cm³/mol. The number of thiophene rings is 1. The van der Waals surface area contributed by atoms with E-state index < -0.39 is 0 Å². The van der Waals surface area contributed by atoms with Crippen LogP contribution in [-0.4, -0.2) is 17.6 Å². The van der Waals surface area contributed by atoms with Gasteiger partial charge in [0.2, 0.25) is 0 Å². The molecule has 0 aliphatic rings. The van der Waals surface area contributed by atoms with Gasteiger partial charge in [-0.15, -0.1) is 22.7 Å². The van der Waals surface area contributed by atoms with Crippen LogP contribution in [0.3, 0.4) is 0 Å². The third-order valence-electron chi connectivity index (χ3n) is 3.50. The lowest BCUT2D eigenvalue weighted by molar-refractivity contribution is -0.110. The quantitative estimate of drug-likeness (QED) is 0.759. The van der Waals surface area contributed by atoms with E-state index in [4.69, 9.17) is 4.74 Å². The highest BCUT2D eigenvalue weighted by molar-refractivity contribution is 7.11. The fraction of sp³-hybridized carbons (Fsp3) is 0.111. The molecule has 1 N–H and O–H groups in total. The molecule has 0 bridgehead atoms. The molecule has 3 rings (SSSR count). The number of hydrogen-bond acceptors (Lipinski definition) is 5. The Labute approximate surface area is 152 Å². The first-order valence-corrected chi connectivity index (χ1v) is 9.15. The number of thiazole rings is 1. The second-order valence-corrected chi connectivity index (χ2v) is 7.20. The Morgan fingerprint density at radius 2 is 2.04 bits per heavy atom. The van der Waals surface area contributed by atoms with Crippen molar-refractivity contribution in [3.8, 4) is 5.75 Å². The number of amides is 1. The monoisotopic (exact) mass is 372 g/mol. The molecule has 0 fully saturated rings. The van der Waals surface area contributed by atoms with Crippen LogP contribution in [0.1, 0.15) is 4.88 Å². The Bertz CT molecular complexity index is 1060. The minimum absolute atomic E-state index is 0.116. The van der Waals surface area contributed by atoms with Crippen molar-refractivity contribution >= 4 is 46.4 Å². The van der Waals surface area contributed by atoms with Gasteiger partial charge < -0.3 is 14.6 Å². The van der Waals surface area contributed by atoms with Gasteiger partial charge in [-0.3, -0.25) is 9.59 Å². The van der Waals surface area contributed by atoms with Gasteiger partial charge in [-0.25, -0.2) is 0 Å². The molecule has 0 atom stereocenters. The number of carbonyl (C=O) groups is 1. The first-order valence-electron chi connectivity index (χ1n) is 7.45. The lowest BCUT2D eigenvalue weighted by atomic mass is 10.3. The Morgan fingerprint density at radius 3 is 2.76 bits per heavy atom. The molecule has 2 heterocycles. The van der Waals surface area contributed by atoms with Crippen LogP contribution in [0.2, 0.25) is 0 Å². The summed E-state index contributed by atoms with van der Waals surface area (Å²) in [5.41, 5.74) is 0.466. The van der Waals surface area contributed by atoms with E-state index in [1.807, 2.05) is 35.7 Å². The number of ether oxygens (including phenoxy) is 1. The number of carbonyl (C=O) groups excluding carboxylic acids is 1. The van der Waals surface area contributed by atoms with Gasteiger partial charge in [-0.1, -0.05) is 18.2 Å². The Morgan fingerprint density at radius 1 is 1.24 bits per heavy atom. The van der Waals surface area contributed by atoms with Crippen LogP contribution in [0.5, 0.6) is 5.75 Å². The van der Waals surface area contributed by atoms with Crippen LogP contribution in [0.4, 0.5) is 5.69 Å². The fourth-order valence-electron chi connectivity index (χ4n) is 2.24. The van der Waals surface area contributed by atoms with Gasteiger partial charge in [0, 0.05) is 18.0 Å². The summed E-state index contributed by atoms with van der Waals surface area (Å²) in [5.74, 6) is 0.264. The largest absolute Gasteiger partial charge is 0.495 e.